The number of benzene rings is 2. The lowest BCUT2D eigenvalue weighted by atomic mass is 9.92. The molecule has 0 saturated heterocycles. The molecule has 0 aliphatic carbocycles. The number of para-hydroxylation sites is 1. The van der Waals surface area contributed by atoms with Gasteiger partial charge in [-0.2, -0.15) is 0 Å². The van der Waals surface area contributed by atoms with Crippen LogP contribution in [0.2, 0.25) is 0 Å². The number of aliphatic carboxylic acids is 1. The minimum atomic E-state index is -1.43. The molecule has 0 saturated carbocycles. The van der Waals surface area contributed by atoms with Crippen molar-refractivity contribution in [3.8, 4) is 0 Å². The maximum absolute atomic E-state index is 12.6. The Morgan fingerprint density at radius 3 is 2.19 bits per heavy atom. The van der Waals surface area contributed by atoms with Gasteiger partial charge in [0.05, 0.1) is 17.0 Å². The Morgan fingerprint density at radius 1 is 1.00 bits per heavy atom. The van der Waals surface area contributed by atoms with E-state index in [1.807, 2.05) is 0 Å². The van der Waals surface area contributed by atoms with Gasteiger partial charge in [-0.25, -0.2) is 4.79 Å². The van der Waals surface area contributed by atoms with Crippen molar-refractivity contribution in [3.05, 3.63) is 65.2 Å². The molecular weight excluding hydrogens is 336 g/mol. The van der Waals surface area contributed by atoms with Gasteiger partial charge < -0.3 is 10.4 Å². The van der Waals surface area contributed by atoms with Crippen LogP contribution in [0.25, 0.3) is 0 Å². The van der Waals surface area contributed by atoms with Gasteiger partial charge in [0.15, 0.2) is 0 Å². The van der Waals surface area contributed by atoms with Crippen molar-refractivity contribution in [3.63, 3.8) is 0 Å². The summed E-state index contributed by atoms with van der Waals surface area (Å²) in [5, 5.41) is 12.4. The second kappa shape index (κ2) is 5.80. The summed E-state index contributed by atoms with van der Waals surface area (Å²) in [5.41, 5.74) is 1.65. The van der Waals surface area contributed by atoms with E-state index in [0.717, 1.165) is 4.90 Å². The highest BCUT2D eigenvalue weighted by molar-refractivity contribution is 6.22. The fraction of sp³-hybridized carbons (Fsp3) is 0.158. The average molecular weight is 350 g/mol. The van der Waals surface area contributed by atoms with Crippen LogP contribution in [0.5, 0.6) is 0 Å². The number of nitrogens with one attached hydrogen (secondary N) is 1. The lowest BCUT2D eigenvalue weighted by Crippen LogP contribution is -2.46. The van der Waals surface area contributed by atoms with Crippen molar-refractivity contribution in [2.24, 2.45) is 0 Å². The molecule has 4 rings (SSSR count). The number of anilines is 1. The number of carboxylic acid groups (broad SMARTS) is 1. The maximum Gasteiger partial charge on any atom is 0.326 e. The molecule has 7 nitrogen and oxygen atoms in total. The molecule has 0 aromatic heterocycles. The molecule has 0 radical (unpaired) electrons. The lowest BCUT2D eigenvalue weighted by Gasteiger charge is -2.24. The van der Waals surface area contributed by atoms with Gasteiger partial charge in [-0.15, -0.1) is 0 Å². The van der Waals surface area contributed by atoms with Gasteiger partial charge >= 0.3 is 5.97 Å². The number of hydrogen-bond donors (Lipinski definition) is 2. The summed E-state index contributed by atoms with van der Waals surface area (Å²) in [6.07, 6.45) is -0.177. The van der Waals surface area contributed by atoms with E-state index in [4.69, 9.17) is 0 Å². The Hall–Kier alpha value is -3.48. The van der Waals surface area contributed by atoms with E-state index in [1.165, 1.54) is 12.1 Å². The maximum atomic E-state index is 12.6. The lowest BCUT2D eigenvalue weighted by molar-refractivity contribution is -0.142. The molecule has 2 N–H and O–H groups in total. The van der Waals surface area contributed by atoms with E-state index in [1.54, 1.807) is 36.4 Å². The van der Waals surface area contributed by atoms with Crippen LogP contribution in [0, 0.1) is 0 Å². The summed E-state index contributed by atoms with van der Waals surface area (Å²) in [4.78, 5) is 50.1. The number of imide groups is 1. The van der Waals surface area contributed by atoms with Gasteiger partial charge in [0.1, 0.15) is 6.04 Å². The van der Waals surface area contributed by atoms with Crippen LogP contribution in [0.1, 0.15) is 38.6 Å². The largest absolute Gasteiger partial charge is 0.480 e. The molecular formula is C19H14N2O5. The molecule has 0 bridgehead atoms. The number of hydrogen-bond acceptors (Lipinski definition) is 4. The van der Waals surface area contributed by atoms with E-state index in [2.05, 4.69) is 5.32 Å². The Bertz CT molecular complexity index is 933. The molecule has 2 heterocycles. The molecule has 2 atom stereocenters. The van der Waals surface area contributed by atoms with Crippen molar-refractivity contribution in [1.82, 2.24) is 4.90 Å². The van der Waals surface area contributed by atoms with Gasteiger partial charge in [-0.05, 0) is 30.2 Å². The smallest absolute Gasteiger partial charge is 0.326 e. The monoisotopic (exact) mass is 350 g/mol. The normalized spacial score (nSPS) is 19.2. The van der Waals surface area contributed by atoms with E-state index in [0.29, 0.717) is 11.3 Å². The molecule has 3 amide bonds. The number of fused-ring (bicyclic) bond motifs is 2. The highest BCUT2D eigenvalue weighted by Gasteiger charge is 2.45. The summed E-state index contributed by atoms with van der Waals surface area (Å²) in [6.45, 7) is 0. The average Bonchev–Trinajstić information content (AvgIpc) is 3.08. The van der Waals surface area contributed by atoms with Crippen molar-refractivity contribution in [2.75, 3.05) is 5.32 Å². The standard InChI is InChI=1S/C19H14N2O5/c22-16-13(10-5-3-4-8-14(10)20-16)9-15(19(25)26)21-17(23)11-6-1-2-7-12(11)18(21)24/h1-8,13,15H,9H2,(H,20,22)(H,25,26). The summed E-state index contributed by atoms with van der Waals surface area (Å²) in [7, 11) is 0. The Labute approximate surface area is 148 Å². The highest BCUT2D eigenvalue weighted by Crippen LogP contribution is 2.37. The zero-order valence-corrected chi connectivity index (χ0v) is 13.5. The van der Waals surface area contributed by atoms with E-state index in [-0.39, 0.29) is 23.5 Å². The first-order chi connectivity index (χ1) is 12.5. The van der Waals surface area contributed by atoms with Crippen LogP contribution in [0.15, 0.2) is 48.5 Å². The van der Waals surface area contributed by atoms with Crippen LogP contribution >= 0.6 is 0 Å². The molecule has 0 fully saturated rings. The highest BCUT2D eigenvalue weighted by atomic mass is 16.4. The summed E-state index contributed by atoms with van der Waals surface area (Å²) < 4.78 is 0. The molecule has 0 spiro atoms. The number of carbonyl (C=O) groups is 4. The van der Waals surface area contributed by atoms with Crippen LogP contribution in [0.3, 0.4) is 0 Å². The second-order valence-electron chi connectivity index (χ2n) is 6.24. The topological polar surface area (TPSA) is 104 Å². The van der Waals surface area contributed by atoms with Gasteiger partial charge in [0, 0.05) is 5.69 Å². The first kappa shape index (κ1) is 16.0. The molecule has 26 heavy (non-hydrogen) atoms. The van der Waals surface area contributed by atoms with Gasteiger partial charge in [0.2, 0.25) is 5.91 Å². The Kier molecular flexibility index (Phi) is 3.57. The van der Waals surface area contributed by atoms with Crippen LogP contribution < -0.4 is 5.32 Å². The van der Waals surface area contributed by atoms with Gasteiger partial charge in [0.25, 0.3) is 11.8 Å². The first-order valence-corrected chi connectivity index (χ1v) is 8.08. The molecule has 2 aromatic carbocycles. The number of carbonyl (C=O) groups excluding carboxylic acids is 3. The minimum absolute atomic E-state index is 0.177. The van der Waals surface area contributed by atoms with Crippen molar-refractivity contribution < 1.29 is 24.3 Å². The third kappa shape index (κ3) is 2.28. The Morgan fingerprint density at radius 2 is 1.58 bits per heavy atom. The van der Waals surface area contributed by atoms with E-state index >= 15 is 0 Å². The minimum Gasteiger partial charge on any atom is -0.480 e. The predicted octanol–water partition coefficient (Wildman–Crippen LogP) is 1.86. The molecule has 2 aromatic rings. The summed E-state index contributed by atoms with van der Waals surface area (Å²) in [6, 6.07) is 11.8. The van der Waals surface area contributed by atoms with Crippen molar-refractivity contribution >= 4 is 29.4 Å². The summed E-state index contributed by atoms with van der Waals surface area (Å²) >= 11 is 0. The number of nitrogens with zero attached hydrogens (tertiary/aromatic N) is 1. The first-order valence-electron chi connectivity index (χ1n) is 8.08. The SMILES string of the molecule is O=C1Nc2ccccc2C1CC(C(=O)O)N1C(=O)c2ccccc2C1=O. The van der Waals surface area contributed by atoms with Crippen LogP contribution in [-0.2, 0) is 9.59 Å². The third-order valence-electron chi connectivity index (χ3n) is 4.79. The second-order valence-corrected chi connectivity index (χ2v) is 6.24. The van der Waals surface area contributed by atoms with Crippen molar-refractivity contribution in [1.29, 1.82) is 0 Å². The number of rotatable bonds is 4. The molecule has 2 unspecified atom stereocenters. The zero-order chi connectivity index (χ0) is 18.4. The van der Waals surface area contributed by atoms with Gasteiger partial charge in [-0.1, -0.05) is 30.3 Å². The number of carboxylic acids is 1. The number of amides is 3. The quantitative estimate of drug-likeness (QED) is 0.819. The van der Waals surface area contributed by atoms with E-state index < -0.39 is 29.7 Å². The fourth-order valence-electron chi connectivity index (χ4n) is 3.54. The predicted molar refractivity (Wildman–Crippen MR) is 90.8 cm³/mol. The van der Waals surface area contributed by atoms with E-state index in [9.17, 15) is 24.3 Å². The van der Waals surface area contributed by atoms with Crippen LogP contribution in [-0.4, -0.2) is 39.7 Å². The van der Waals surface area contributed by atoms with Crippen LogP contribution in [0.4, 0.5) is 5.69 Å². The molecule has 2 aliphatic heterocycles. The van der Waals surface area contributed by atoms with Gasteiger partial charge in [-0.3, -0.25) is 19.3 Å². The summed E-state index contributed by atoms with van der Waals surface area (Å²) in [5.74, 6) is -3.70. The fourth-order valence-corrected chi connectivity index (χ4v) is 3.54. The van der Waals surface area contributed by atoms with Crippen molar-refractivity contribution in [2.45, 2.75) is 18.4 Å². The molecule has 2 aliphatic rings. The molecule has 130 valence electrons. The zero-order valence-electron chi connectivity index (χ0n) is 13.5. The third-order valence-corrected chi connectivity index (χ3v) is 4.79. The molecule has 7 heteroatoms. The Balaban J connectivity index is 1.68.